The van der Waals surface area contributed by atoms with Crippen molar-refractivity contribution >= 4 is 17.9 Å². The number of urea groups is 1. The number of methoxy groups -OCH3 is 1. The van der Waals surface area contributed by atoms with Gasteiger partial charge in [0, 0.05) is 12.1 Å². The minimum absolute atomic E-state index is 0.423. The van der Waals surface area contributed by atoms with Crippen LogP contribution in [0.15, 0.2) is 77.9 Å². The molecule has 0 saturated carbocycles. The van der Waals surface area contributed by atoms with Crippen LogP contribution >= 0.6 is 0 Å². The van der Waals surface area contributed by atoms with Crippen LogP contribution in [0.5, 0.6) is 17.2 Å². The average Bonchev–Trinajstić information content (AvgIpc) is 2.85. The summed E-state index contributed by atoms with van der Waals surface area (Å²) in [6, 6.07) is 22.3. The molecule has 3 rings (SSSR count). The number of para-hydroxylation sites is 1. The van der Waals surface area contributed by atoms with E-state index in [1.54, 1.807) is 25.3 Å². The van der Waals surface area contributed by atoms with E-state index < -0.39 is 6.03 Å². The van der Waals surface area contributed by atoms with E-state index >= 15 is 0 Å². The molecule has 0 fully saturated rings. The van der Waals surface area contributed by atoms with E-state index in [1.165, 1.54) is 11.8 Å². The Hall–Kier alpha value is -4.00. The second kappa shape index (κ2) is 12.8. The normalized spacial score (nSPS) is 10.6. The van der Waals surface area contributed by atoms with Crippen molar-refractivity contribution in [3.8, 4) is 17.2 Å². The summed E-state index contributed by atoms with van der Waals surface area (Å²) in [7, 11) is 1.58. The van der Waals surface area contributed by atoms with Crippen molar-refractivity contribution in [2.75, 3.05) is 25.6 Å². The largest absolute Gasteiger partial charge is 0.493 e. The lowest BCUT2D eigenvalue weighted by atomic mass is 10.2. The number of carbonyl (C=O) groups excluding carboxylic acids is 1. The highest BCUT2D eigenvalue weighted by Crippen LogP contribution is 2.27. The van der Waals surface area contributed by atoms with Gasteiger partial charge in [-0.05, 0) is 60.0 Å². The number of nitrogens with one attached hydrogen (secondary N) is 2. The van der Waals surface area contributed by atoms with Gasteiger partial charge in [0.25, 0.3) is 0 Å². The predicted octanol–water partition coefficient (Wildman–Crippen LogP) is 5.26. The second-order valence-corrected chi connectivity index (χ2v) is 7.15. The molecule has 2 amide bonds. The Morgan fingerprint density at radius 1 is 0.939 bits per heavy atom. The van der Waals surface area contributed by atoms with Gasteiger partial charge in [0.15, 0.2) is 11.5 Å². The highest BCUT2D eigenvalue weighted by molar-refractivity contribution is 5.90. The molecule has 0 bridgehead atoms. The number of rotatable bonds is 11. The van der Waals surface area contributed by atoms with Gasteiger partial charge in [0.05, 0.1) is 26.5 Å². The minimum Gasteiger partial charge on any atom is -0.493 e. The maximum atomic E-state index is 11.9. The Kier molecular flexibility index (Phi) is 9.15. The molecule has 7 nitrogen and oxygen atoms in total. The zero-order chi connectivity index (χ0) is 23.3. The Balaban J connectivity index is 1.42. The quantitative estimate of drug-likeness (QED) is 0.239. The molecule has 0 aromatic heterocycles. The first-order valence-corrected chi connectivity index (χ1v) is 10.9. The zero-order valence-corrected chi connectivity index (χ0v) is 18.9. The molecule has 0 atom stereocenters. The van der Waals surface area contributed by atoms with Crippen molar-refractivity contribution in [3.05, 3.63) is 83.9 Å². The monoisotopic (exact) mass is 447 g/mol. The molecule has 0 radical (unpaired) electrons. The third-order valence-corrected chi connectivity index (χ3v) is 4.75. The molecule has 33 heavy (non-hydrogen) atoms. The van der Waals surface area contributed by atoms with Gasteiger partial charge in [-0.25, -0.2) is 10.2 Å². The first kappa shape index (κ1) is 23.7. The maximum absolute atomic E-state index is 11.9. The van der Waals surface area contributed by atoms with Crippen molar-refractivity contribution in [2.24, 2.45) is 5.10 Å². The van der Waals surface area contributed by atoms with Crippen LogP contribution in [-0.4, -0.2) is 32.6 Å². The second-order valence-electron chi connectivity index (χ2n) is 7.15. The van der Waals surface area contributed by atoms with Gasteiger partial charge in [-0.1, -0.05) is 37.3 Å². The van der Waals surface area contributed by atoms with E-state index in [0.29, 0.717) is 30.4 Å². The Morgan fingerprint density at radius 3 is 2.42 bits per heavy atom. The summed E-state index contributed by atoms with van der Waals surface area (Å²) in [5.41, 5.74) is 5.17. The number of hydrazone groups is 1. The van der Waals surface area contributed by atoms with Crippen LogP contribution in [0.4, 0.5) is 10.5 Å². The van der Waals surface area contributed by atoms with E-state index in [1.807, 2.05) is 42.5 Å². The number of amides is 2. The van der Waals surface area contributed by atoms with Gasteiger partial charge in [-0.2, -0.15) is 5.10 Å². The van der Waals surface area contributed by atoms with Crippen molar-refractivity contribution in [1.29, 1.82) is 0 Å². The molecular weight excluding hydrogens is 418 g/mol. The number of hydrogen-bond acceptors (Lipinski definition) is 5. The van der Waals surface area contributed by atoms with Crippen LogP contribution in [0, 0.1) is 0 Å². The van der Waals surface area contributed by atoms with Crippen LogP contribution in [0.25, 0.3) is 0 Å². The van der Waals surface area contributed by atoms with Crippen LogP contribution < -0.4 is 25.0 Å². The zero-order valence-electron chi connectivity index (χ0n) is 18.9. The fourth-order valence-electron chi connectivity index (χ4n) is 2.98. The molecule has 0 aliphatic heterocycles. The number of ether oxygens (including phenoxy) is 3. The summed E-state index contributed by atoms with van der Waals surface area (Å²) in [5.74, 6) is 2.08. The number of nitrogens with zero attached hydrogens (tertiary/aromatic N) is 1. The summed E-state index contributed by atoms with van der Waals surface area (Å²) in [4.78, 5) is 11.9. The molecular formula is C26H29N3O4. The molecule has 3 aromatic rings. The molecule has 7 heteroatoms. The Labute approximate surface area is 194 Å². The topological polar surface area (TPSA) is 81.2 Å². The van der Waals surface area contributed by atoms with Gasteiger partial charge in [-0.15, -0.1) is 0 Å². The summed E-state index contributed by atoms with van der Waals surface area (Å²) in [6.45, 7) is 3.19. The average molecular weight is 448 g/mol. The van der Waals surface area contributed by atoms with E-state index in [4.69, 9.17) is 14.2 Å². The molecule has 3 aromatic carbocycles. The first-order chi connectivity index (χ1) is 16.2. The molecule has 0 aliphatic rings. The highest BCUT2D eigenvalue weighted by atomic mass is 16.5. The third kappa shape index (κ3) is 7.88. The lowest BCUT2D eigenvalue weighted by molar-refractivity contribution is 0.240. The number of benzene rings is 3. The third-order valence-electron chi connectivity index (χ3n) is 4.75. The summed E-state index contributed by atoms with van der Waals surface area (Å²) >= 11 is 0. The smallest absolute Gasteiger partial charge is 0.339 e. The maximum Gasteiger partial charge on any atom is 0.339 e. The van der Waals surface area contributed by atoms with Crippen molar-refractivity contribution in [2.45, 2.75) is 19.8 Å². The Morgan fingerprint density at radius 2 is 1.70 bits per heavy atom. The number of carbonyl (C=O) groups is 1. The van der Waals surface area contributed by atoms with Crippen molar-refractivity contribution in [1.82, 2.24) is 5.43 Å². The fourth-order valence-corrected chi connectivity index (χ4v) is 2.98. The highest BCUT2D eigenvalue weighted by Gasteiger charge is 2.06. The molecule has 0 unspecified atom stereocenters. The minimum atomic E-state index is -0.423. The van der Waals surface area contributed by atoms with Crippen LogP contribution in [0.2, 0.25) is 0 Å². The lowest BCUT2D eigenvalue weighted by Gasteiger charge is -2.12. The van der Waals surface area contributed by atoms with Gasteiger partial charge in [0.1, 0.15) is 5.75 Å². The number of anilines is 1. The molecule has 172 valence electrons. The van der Waals surface area contributed by atoms with E-state index in [2.05, 4.69) is 34.9 Å². The van der Waals surface area contributed by atoms with E-state index in [9.17, 15) is 4.79 Å². The summed E-state index contributed by atoms with van der Waals surface area (Å²) in [6.07, 6.45) is 3.29. The van der Waals surface area contributed by atoms with Gasteiger partial charge < -0.3 is 19.5 Å². The van der Waals surface area contributed by atoms with Crippen LogP contribution in [0.1, 0.15) is 24.5 Å². The number of aryl methyl sites for hydroxylation is 1. The molecule has 0 heterocycles. The molecule has 2 N–H and O–H groups in total. The van der Waals surface area contributed by atoms with E-state index in [0.717, 1.165) is 24.2 Å². The van der Waals surface area contributed by atoms with Gasteiger partial charge in [-0.3, -0.25) is 0 Å². The molecule has 0 saturated heterocycles. The van der Waals surface area contributed by atoms with Crippen molar-refractivity contribution < 1.29 is 19.0 Å². The van der Waals surface area contributed by atoms with Crippen molar-refractivity contribution in [3.63, 3.8) is 0 Å². The standard InChI is InChI=1S/C26H29N3O4/c1-3-20-10-13-23(14-11-20)32-16-7-17-33-24-15-12-21(18-25(24)31-2)19-27-29-26(30)28-22-8-5-4-6-9-22/h4-6,8-15,18-19H,3,7,16-17H2,1-2H3,(H2,28,29,30). The SMILES string of the molecule is CCc1ccc(OCCCOc2ccc(C=NNC(=O)Nc3ccccc3)cc2OC)cc1. The van der Waals surface area contributed by atoms with Crippen LogP contribution in [-0.2, 0) is 6.42 Å². The molecule has 0 aliphatic carbocycles. The lowest BCUT2D eigenvalue weighted by Crippen LogP contribution is -2.24. The van der Waals surface area contributed by atoms with Gasteiger partial charge in [0.2, 0.25) is 0 Å². The number of hydrogen-bond donors (Lipinski definition) is 2. The first-order valence-electron chi connectivity index (χ1n) is 10.9. The predicted molar refractivity (Wildman–Crippen MR) is 131 cm³/mol. The fraction of sp³-hybridized carbons (Fsp3) is 0.231. The Bertz CT molecular complexity index is 1040. The summed E-state index contributed by atoms with van der Waals surface area (Å²) < 4.78 is 17.0. The molecule has 0 spiro atoms. The van der Waals surface area contributed by atoms with E-state index in [-0.39, 0.29) is 0 Å². The van der Waals surface area contributed by atoms with Gasteiger partial charge >= 0.3 is 6.03 Å². The van der Waals surface area contributed by atoms with Crippen LogP contribution in [0.3, 0.4) is 0 Å². The summed E-state index contributed by atoms with van der Waals surface area (Å²) in [5, 5.41) is 6.66.